The molecule has 0 unspecified atom stereocenters. The number of alkyl halides is 2. The zero-order valence-electron chi connectivity index (χ0n) is 16.0. The Balaban J connectivity index is 1.90. The number of pyridine rings is 1. The normalized spacial score (nSPS) is 10.7. The molecular formula is C21H22Cl2N4O2. The Labute approximate surface area is 179 Å². The van der Waals surface area contributed by atoms with E-state index in [0.29, 0.717) is 36.2 Å². The Morgan fingerprint density at radius 2 is 1.66 bits per heavy atom. The highest BCUT2D eigenvalue weighted by molar-refractivity contribution is 6.18. The maximum absolute atomic E-state index is 12.0. The van der Waals surface area contributed by atoms with Gasteiger partial charge in [0.25, 0.3) is 0 Å². The Bertz CT molecular complexity index is 976. The molecule has 0 atom stereocenters. The molecule has 1 amide bonds. The minimum atomic E-state index is -1.12. The molecule has 0 saturated carbocycles. The Morgan fingerprint density at radius 1 is 1.03 bits per heavy atom. The fourth-order valence-electron chi connectivity index (χ4n) is 3.13. The molecule has 2 aromatic carbocycles. The van der Waals surface area contributed by atoms with Gasteiger partial charge in [0.05, 0.1) is 16.9 Å². The largest absolute Gasteiger partial charge is 0.463 e. The van der Waals surface area contributed by atoms with Crippen LogP contribution in [0.25, 0.3) is 10.9 Å². The van der Waals surface area contributed by atoms with Gasteiger partial charge in [-0.2, -0.15) is 5.01 Å². The minimum absolute atomic E-state index is 0.482. The lowest BCUT2D eigenvalue weighted by atomic mass is 10.1. The molecule has 0 saturated heterocycles. The smallest absolute Gasteiger partial charge is 0.430 e. The topological polar surface area (TPSA) is 68.7 Å². The first-order chi connectivity index (χ1) is 14.0. The van der Waals surface area contributed by atoms with Crippen LogP contribution in [0.4, 0.5) is 21.9 Å². The molecule has 2 N–H and O–H groups in total. The maximum Gasteiger partial charge on any atom is 0.430 e. The third-order valence-electron chi connectivity index (χ3n) is 4.45. The first kappa shape index (κ1) is 21.0. The number of hydrogen-bond acceptors (Lipinski definition) is 4. The van der Waals surface area contributed by atoms with Crippen molar-refractivity contribution in [2.24, 2.45) is 0 Å². The summed E-state index contributed by atoms with van der Waals surface area (Å²) in [5.41, 5.74) is 6.72. The highest BCUT2D eigenvalue weighted by Crippen LogP contribution is 2.26. The van der Waals surface area contributed by atoms with Crippen molar-refractivity contribution in [3.8, 4) is 0 Å². The number of para-hydroxylation sites is 1. The summed E-state index contributed by atoms with van der Waals surface area (Å²) in [5.74, 6) is 0.964. The molecule has 3 rings (SSSR count). The monoisotopic (exact) mass is 432 g/mol. The molecule has 1 heterocycles. The fraction of sp³-hybridized carbons (Fsp3) is 0.238. The van der Waals surface area contributed by atoms with Gasteiger partial charge in [0.1, 0.15) is 0 Å². The first-order valence-electron chi connectivity index (χ1n) is 9.16. The predicted octanol–water partition coefficient (Wildman–Crippen LogP) is 5.34. The second-order valence-corrected chi connectivity index (χ2v) is 7.20. The molecule has 0 aliphatic heterocycles. The number of halogens is 2. The van der Waals surface area contributed by atoms with Gasteiger partial charge in [-0.1, -0.05) is 18.2 Å². The number of amides is 1. The molecule has 0 bridgehead atoms. The van der Waals surface area contributed by atoms with Crippen LogP contribution >= 0.6 is 23.2 Å². The average molecular weight is 433 g/mol. The second kappa shape index (κ2) is 9.67. The van der Waals surface area contributed by atoms with E-state index in [2.05, 4.69) is 15.3 Å². The summed E-state index contributed by atoms with van der Waals surface area (Å²) >= 11 is 11.7. The summed E-state index contributed by atoms with van der Waals surface area (Å²) < 4.78 is 0. The molecule has 0 radical (unpaired) electrons. The number of rotatable bonds is 8. The van der Waals surface area contributed by atoms with Gasteiger partial charge >= 0.3 is 6.09 Å². The third-order valence-corrected chi connectivity index (χ3v) is 4.79. The lowest BCUT2D eigenvalue weighted by Gasteiger charge is -2.25. The molecule has 0 spiro atoms. The molecule has 8 heteroatoms. The standard InChI is InChI=1S/C21H22Cl2N4O2/c1-15-14-20(18-4-2-3-5-19(18)24-15)25-27(21(28)29)17-8-6-16(7-9-17)26(12-10-22)13-11-23/h2-9,14H,10-13H2,1H3,(H,24,25)(H,28,29). The van der Waals surface area contributed by atoms with Crippen LogP contribution in [-0.2, 0) is 0 Å². The summed E-state index contributed by atoms with van der Waals surface area (Å²) in [6.45, 7) is 3.20. The SMILES string of the molecule is Cc1cc(NN(C(=O)O)c2ccc(N(CCCl)CCCl)cc2)c2ccccc2n1. The number of aromatic nitrogens is 1. The Morgan fingerprint density at radius 3 is 2.28 bits per heavy atom. The Hall–Kier alpha value is -2.70. The number of carboxylic acid groups (broad SMARTS) is 1. The van der Waals surface area contributed by atoms with E-state index in [4.69, 9.17) is 23.2 Å². The molecular weight excluding hydrogens is 411 g/mol. The van der Waals surface area contributed by atoms with E-state index < -0.39 is 6.09 Å². The van der Waals surface area contributed by atoms with Gasteiger partial charge in [-0.15, -0.1) is 23.2 Å². The van der Waals surface area contributed by atoms with Gasteiger partial charge in [0, 0.05) is 41.6 Å². The van der Waals surface area contributed by atoms with E-state index in [1.54, 1.807) is 12.1 Å². The molecule has 0 fully saturated rings. The van der Waals surface area contributed by atoms with Crippen LogP contribution in [-0.4, -0.2) is 41.0 Å². The van der Waals surface area contributed by atoms with E-state index in [0.717, 1.165) is 27.3 Å². The minimum Gasteiger partial charge on any atom is -0.463 e. The van der Waals surface area contributed by atoms with Gasteiger partial charge in [0.2, 0.25) is 0 Å². The summed E-state index contributed by atoms with van der Waals surface area (Å²) in [4.78, 5) is 18.5. The van der Waals surface area contributed by atoms with Gasteiger partial charge in [-0.25, -0.2) is 4.79 Å². The van der Waals surface area contributed by atoms with E-state index in [1.807, 2.05) is 49.4 Å². The van der Waals surface area contributed by atoms with Crippen molar-refractivity contribution >= 4 is 57.3 Å². The Kier molecular flexibility index (Phi) is 7.01. The quantitative estimate of drug-likeness (QED) is 0.371. The van der Waals surface area contributed by atoms with Gasteiger partial charge < -0.3 is 10.0 Å². The van der Waals surface area contributed by atoms with Crippen molar-refractivity contribution in [1.29, 1.82) is 0 Å². The second-order valence-electron chi connectivity index (χ2n) is 6.44. The highest BCUT2D eigenvalue weighted by Gasteiger charge is 2.17. The molecule has 152 valence electrons. The summed E-state index contributed by atoms with van der Waals surface area (Å²) in [6.07, 6.45) is -1.12. The zero-order chi connectivity index (χ0) is 20.8. The number of hydrazine groups is 1. The number of anilines is 3. The van der Waals surface area contributed by atoms with Crippen LogP contribution in [0.5, 0.6) is 0 Å². The van der Waals surface area contributed by atoms with Crippen molar-refractivity contribution in [3.63, 3.8) is 0 Å². The summed E-state index contributed by atoms with van der Waals surface area (Å²) in [6, 6.07) is 16.7. The number of carbonyl (C=O) groups is 1. The number of nitrogens with one attached hydrogen (secondary N) is 1. The predicted molar refractivity (Wildman–Crippen MR) is 121 cm³/mol. The van der Waals surface area contributed by atoms with Crippen molar-refractivity contribution in [1.82, 2.24) is 4.98 Å². The maximum atomic E-state index is 12.0. The number of benzene rings is 2. The van der Waals surface area contributed by atoms with Gasteiger partial charge in [-0.3, -0.25) is 10.4 Å². The van der Waals surface area contributed by atoms with Crippen LogP contribution in [0.2, 0.25) is 0 Å². The molecule has 3 aromatic rings. The molecule has 1 aromatic heterocycles. The molecule has 6 nitrogen and oxygen atoms in total. The van der Waals surface area contributed by atoms with Gasteiger partial charge in [0.15, 0.2) is 0 Å². The average Bonchev–Trinajstić information content (AvgIpc) is 2.71. The van der Waals surface area contributed by atoms with E-state index >= 15 is 0 Å². The van der Waals surface area contributed by atoms with Crippen LogP contribution in [0, 0.1) is 6.92 Å². The number of nitrogens with zero attached hydrogens (tertiary/aromatic N) is 3. The number of fused-ring (bicyclic) bond motifs is 1. The van der Waals surface area contributed by atoms with Crippen molar-refractivity contribution in [2.45, 2.75) is 6.92 Å². The molecule has 29 heavy (non-hydrogen) atoms. The van der Waals surface area contributed by atoms with Crippen LogP contribution < -0.4 is 15.3 Å². The highest BCUT2D eigenvalue weighted by atomic mass is 35.5. The number of hydrogen-bond donors (Lipinski definition) is 2. The fourth-order valence-corrected chi connectivity index (χ4v) is 3.54. The van der Waals surface area contributed by atoms with Crippen molar-refractivity contribution in [2.75, 3.05) is 40.2 Å². The zero-order valence-corrected chi connectivity index (χ0v) is 17.5. The van der Waals surface area contributed by atoms with Crippen molar-refractivity contribution < 1.29 is 9.90 Å². The van der Waals surface area contributed by atoms with E-state index in [1.165, 1.54) is 0 Å². The lowest BCUT2D eigenvalue weighted by Crippen LogP contribution is -2.35. The molecule has 0 aliphatic rings. The van der Waals surface area contributed by atoms with E-state index in [-0.39, 0.29) is 0 Å². The number of aryl methyl sites for hydroxylation is 1. The first-order valence-corrected chi connectivity index (χ1v) is 10.2. The van der Waals surface area contributed by atoms with Gasteiger partial charge in [-0.05, 0) is 43.3 Å². The lowest BCUT2D eigenvalue weighted by molar-refractivity contribution is 0.203. The third kappa shape index (κ3) is 5.02. The van der Waals surface area contributed by atoms with Crippen LogP contribution in [0.1, 0.15) is 5.69 Å². The molecule has 0 aliphatic carbocycles. The van der Waals surface area contributed by atoms with E-state index in [9.17, 15) is 9.90 Å². The van der Waals surface area contributed by atoms with Crippen LogP contribution in [0.3, 0.4) is 0 Å². The van der Waals surface area contributed by atoms with Crippen LogP contribution in [0.15, 0.2) is 54.6 Å². The summed E-state index contributed by atoms with van der Waals surface area (Å²) in [5, 5.41) is 11.7. The van der Waals surface area contributed by atoms with Crippen molar-refractivity contribution in [3.05, 3.63) is 60.3 Å². The summed E-state index contributed by atoms with van der Waals surface area (Å²) in [7, 11) is 0.